The molecule has 0 saturated carbocycles. The van der Waals surface area contributed by atoms with Gasteiger partial charge in [-0.15, -0.1) is 11.3 Å². The van der Waals surface area contributed by atoms with Crippen LogP contribution in [0.2, 0.25) is 0 Å². The third kappa shape index (κ3) is 6.23. The zero-order valence-electron chi connectivity index (χ0n) is 22.9. The van der Waals surface area contributed by atoms with E-state index in [1.54, 1.807) is 12.5 Å². The number of thiophene rings is 1. The second-order valence-corrected chi connectivity index (χ2v) is 11.1. The van der Waals surface area contributed by atoms with Crippen molar-refractivity contribution >= 4 is 37.4 Å². The maximum absolute atomic E-state index is 13.0. The first-order valence-electron chi connectivity index (χ1n) is 14.1. The van der Waals surface area contributed by atoms with Gasteiger partial charge in [-0.3, -0.25) is 9.36 Å². The third-order valence-electron chi connectivity index (χ3n) is 7.36. The molecular weight excluding hydrogens is 502 g/mol. The van der Waals surface area contributed by atoms with Gasteiger partial charge in [0.25, 0.3) is 5.91 Å². The molecule has 0 aliphatic heterocycles. The Kier molecular flexibility index (Phi) is 9.07. The van der Waals surface area contributed by atoms with Gasteiger partial charge in [0, 0.05) is 45.6 Å². The number of carbonyl (C=O) groups excluding carboxylic acids is 1. The lowest BCUT2D eigenvalue weighted by molar-refractivity contribution is 0.0872. The van der Waals surface area contributed by atoms with Crippen LogP contribution in [0.25, 0.3) is 37.0 Å². The molecule has 1 amide bonds. The minimum atomic E-state index is -0.126. The Morgan fingerprint density at radius 2 is 1.87 bits per heavy atom. The number of hydrogen-bond donors (Lipinski definition) is 1. The van der Waals surface area contributed by atoms with Gasteiger partial charge in [-0.05, 0) is 48.1 Å². The molecule has 5 aromatic rings. The van der Waals surface area contributed by atoms with E-state index in [-0.39, 0.29) is 5.91 Å². The van der Waals surface area contributed by atoms with Gasteiger partial charge in [-0.1, -0.05) is 81.6 Å². The maximum Gasteiger partial charge on any atom is 0.269 e. The van der Waals surface area contributed by atoms with Crippen LogP contribution in [-0.2, 0) is 4.74 Å². The summed E-state index contributed by atoms with van der Waals surface area (Å²) in [6.45, 7) is 6.50. The Morgan fingerprint density at radius 3 is 2.74 bits per heavy atom. The zero-order chi connectivity index (χ0) is 27.0. The van der Waals surface area contributed by atoms with Crippen LogP contribution in [0.5, 0.6) is 0 Å². The van der Waals surface area contributed by atoms with Crippen LogP contribution in [0.1, 0.15) is 56.4 Å². The second kappa shape index (κ2) is 13.0. The Labute approximate surface area is 234 Å². The summed E-state index contributed by atoms with van der Waals surface area (Å²) in [6.07, 6.45) is 9.00. The van der Waals surface area contributed by atoms with Crippen LogP contribution in [0.4, 0.5) is 0 Å². The van der Waals surface area contributed by atoms with Gasteiger partial charge in [0.1, 0.15) is 5.69 Å². The van der Waals surface area contributed by atoms with Crippen molar-refractivity contribution in [1.82, 2.24) is 14.9 Å². The molecule has 0 bridgehead atoms. The quantitative estimate of drug-likeness (QED) is 0.153. The number of ether oxygens (including phenoxy) is 1. The molecule has 0 aliphatic carbocycles. The van der Waals surface area contributed by atoms with E-state index in [9.17, 15) is 4.79 Å². The van der Waals surface area contributed by atoms with Crippen molar-refractivity contribution < 1.29 is 9.53 Å². The number of nitrogens with one attached hydrogen (secondary N) is 1. The number of unbranched alkanes of at least 4 members (excludes halogenated alkanes) is 1. The predicted octanol–water partition coefficient (Wildman–Crippen LogP) is 8.26. The number of amides is 1. The fourth-order valence-electron chi connectivity index (χ4n) is 5.08. The number of rotatable bonds is 13. The van der Waals surface area contributed by atoms with E-state index in [2.05, 4.69) is 78.7 Å². The lowest BCUT2D eigenvalue weighted by Crippen LogP contribution is -2.27. The highest BCUT2D eigenvalue weighted by Crippen LogP contribution is 2.40. The summed E-state index contributed by atoms with van der Waals surface area (Å²) in [7, 11) is 0. The molecule has 0 aliphatic rings. The van der Waals surface area contributed by atoms with E-state index < -0.39 is 0 Å². The first-order chi connectivity index (χ1) is 19.2. The highest BCUT2D eigenvalue weighted by atomic mass is 32.1. The van der Waals surface area contributed by atoms with Crippen LogP contribution in [0.3, 0.4) is 0 Å². The van der Waals surface area contributed by atoms with E-state index in [1.165, 1.54) is 45.0 Å². The number of aromatic nitrogens is 2. The lowest BCUT2D eigenvalue weighted by atomic mass is 10.0. The van der Waals surface area contributed by atoms with Crippen molar-refractivity contribution in [1.29, 1.82) is 0 Å². The summed E-state index contributed by atoms with van der Waals surface area (Å²) >= 11 is 1.82. The first-order valence-corrected chi connectivity index (χ1v) is 14.9. The van der Waals surface area contributed by atoms with Crippen molar-refractivity contribution in [2.24, 2.45) is 5.92 Å². The summed E-state index contributed by atoms with van der Waals surface area (Å²) in [5, 5.41) is 5.60. The highest BCUT2D eigenvalue weighted by molar-refractivity contribution is 7.26. The highest BCUT2D eigenvalue weighted by Gasteiger charge is 2.15. The van der Waals surface area contributed by atoms with Gasteiger partial charge < -0.3 is 10.1 Å². The molecule has 1 N–H and O–H groups in total. The van der Waals surface area contributed by atoms with Gasteiger partial charge in [-0.2, -0.15) is 0 Å². The maximum atomic E-state index is 13.0. The molecule has 3 aromatic carbocycles. The average Bonchev–Trinajstić information content (AvgIpc) is 3.62. The molecule has 5 nitrogen and oxygen atoms in total. The van der Waals surface area contributed by atoms with E-state index in [0.29, 0.717) is 24.8 Å². The second-order valence-electron chi connectivity index (χ2n) is 10.1. The average molecular weight is 540 g/mol. The number of nitrogens with zero attached hydrogens (tertiary/aromatic N) is 2. The molecular formula is C33H37N3O2S. The zero-order valence-corrected chi connectivity index (χ0v) is 23.7. The number of benzene rings is 3. The fraction of sp³-hybridized carbons (Fsp3) is 0.333. The van der Waals surface area contributed by atoms with Gasteiger partial charge in [0.2, 0.25) is 0 Å². The molecule has 1 atom stereocenters. The third-order valence-corrected chi connectivity index (χ3v) is 8.58. The van der Waals surface area contributed by atoms with E-state index >= 15 is 0 Å². The molecule has 0 saturated heterocycles. The van der Waals surface area contributed by atoms with Crippen LogP contribution >= 0.6 is 11.3 Å². The minimum Gasteiger partial charge on any atom is -0.381 e. The molecule has 0 radical (unpaired) electrons. The smallest absolute Gasteiger partial charge is 0.269 e. The number of imidazole rings is 1. The Bertz CT molecular complexity index is 1540. The van der Waals surface area contributed by atoms with Gasteiger partial charge in [0.15, 0.2) is 0 Å². The normalized spacial score (nSPS) is 12.3. The van der Waals surface area contributed by atoms with Crippen molar-refractivity contribution in [3.8, 4) is 16.8 Å². The number of hydrogen-bond acceptors (Lipinski definition) is 4. The summed E-state index contributed by atoms with van der Waals surface area (Å²) in [5.74, 6) is 0.509. The van der Waals surface area contributed by atoms with Crippen LogP contribution in [0, 0.1) is 5.92 Å². The number of carbonyl (C=O) groups is 1. The molecule has 2 aromatic heterocycles. The van der Waals surface area contributed by atoms with Crippen LogP contribution < -0.4 is 5.32 Å². The topological polar surface area (TPSA) is 56.1 Å². The summed E-state index contributed by atoms with van der Waals surface area (Å²) in [6, 6.07) is 23.4. The minimum absolute atomic E-state index is 0.126. The van der Waals surface area contributed by atoms with Gasteiger partial charge >= 0.3 is 0 Å². The molecule has 6 heteroatoms. The summed E-state index contributed by atoms with van der Waals surface area (Å²) in [5.41, 5.74) is 3.75. The van der Waals surface area contributed by atoms with Gasteiger partial charge in [0.05, 0.1) is 12.5 Å². The SMILES string of the molecule is CCCCC(CC)COCCCNC(=O)c1cncn1-c1cccc(-c2cccc3c2sc2ccccc23)c1. The molecule has 0 fully saturated rings. The fourth-order valence-corrected chi connectivity index (χ4v) is 6.32. The van der Waals surface area contributed by atoms with E-state index in [1.807, 2.05) is 28.0 Å². The van der Waals surface area contributed by atoms with E-state index in [4.69, 9.17) is 4.74 Å². The predicted molar refractivity (Wildman–Crippen MR) is 163 cm³/mol. The van der Waals surface area contributed by atoms with Gasteiger partial charge in [-0.25, -0.2) is 4.98 Å². The monoisotopic (exact) mass is 539 g/mol. The Hall–Kier alpha value is -3.48. The summed E-state index contributed by atoms with van der Waals surface area (Å²) < 4.78 is 10.3. The first kappa shape index (κ1) is 27.1. The van der Waals surface area contributed by atoms with Crippen molar-refractivity contribution in [2.75, 3.05) is 19.8 Å². The molecule has 39 heavy (non-hydrogen) atoms. The lowest BCUT2D eigenvalue weighted by Gasteiger charge is -2.14. The van der Waals surface area contributed by atoms with Crippen molar-refractivity contribution in [2.45, 2.75) is 46.0 Å². The van der Waals surface area contributed by atoms with Crippen molar-refractivity contribution in [3.63, 3.8) is 0 Å². The Balaban J connectivity index is 1.25. The standard InChI is InChI=1S/C33H37N3O2S/c1-3-5-11-24(4-2)22-38-19-10-18-35-33(37)30-21-34-23-36(30)26-13-8-12-25(20-26)27-15-9-16-29-28-14-6-7-17-31(28)39-32(27)29/h6-9,12-17,20-21,23-24H,3-5,10-11,18-19,22H2,1-2H3,(H,35,37). The molecule has 5 rings (SSSR count). The molecule has 0 spiro atoms. The summed E-state index contributed by atoms with van der Waals surface area (Å²) in [4.78, 5) is 17.3. The largest absolute Gasteiger partial charge is 0.381 e. The van der Waals surface area contributed by atoms with E-state index in [0.717, 1.165) is 30.7 Å². The molecule has 1 unspecified atom stereocenters. The van der Waals surface area contributed by atoms with Crippen LogP contribution in [-0.4, -0.2) is 35.2 Å². The molecule has 202 valence electrons. The number of fused-ring (bicyclic) bond motifs is 3. The Morgan fingerprint density at radius 1 is 1.03 bits per heavy atom. The molecule has 2 heterocycles. The van der Waals surface area contributed by atoms with Crippen LogP contribution in [0.15, 0.2) is 79.3 Å². The van der Waals surface area contributed by atoms with Crippen molar-refractivity contribution in [3.05, 3.63) is 84.9 Å².